The van der Waals surface area contributed by atoms with E-state index in [2.05, 4.69) is 32.4 Å². The molecule has 6 N–H and O–H groups in total. The minimum atomic E-state index is -1.20. The van der Waals surface area contributed by atoms with Crippen molar-refractivity contribution in [1.29, 1.82) is 0 Å². The van der Waals surface area contributed by atoms with E-state index in [0.29, 0.717) is 0 Å². The number of hydrogen-bond acceptors (Lipinski definition) is 0. The maximum atomic E-state index is 3.31. The Labute approximate surface area is 66.9 Å². The molecule has 0 heterocycles. The van der Waals surface area contributed by atoms with E-state index >= 15 is 0 Å². The third-order valence-electron chi connectivity index (χ3n) is 0. The van der Waals surface area contributed by atoms with Crippen molar-refractivity contribution in [2.45, 2.75) is 0 Å². The molecule has 0 bridgehead atoms. The molecular weight excluding hydrogens is 377 g/mol. The summed E-state index contributed by atoms with van der Waals surface area (Å²) in [6.45, 7) is 0. The molecule has 0 rings (SSSR count). The molecule has 48 valence electrons. The predicted octanol–water partition coefficient (Wildman–Crippen LogP) is 0.0602. The SMILES string of the molecule is O.O.O.[Br][Y]([Br])[Br]. The van der Waals surface area contributed by atoms with E-state index in [1.165, 1.54) is 0 Å². The summed E-state index contributed by atoms with van der Waals surface area (Å²) in [6, 6.07) is 0. The molecule has 0 unspecified atom stereocenters. The Morgan fingerprint density at radius 2 is 0.714 bits per heavy atom. The summed E-state index contributed by atoms with van der Waals surface area (Å²) in [5.74, 6) is 0. The third-order valence-corrected chi connectivity index (χ3v) is 0. The summed E-state index contributed by atoms with van der Waals surface area (Å²) in [6.07, 6.45) is 0. The van der Waals surface area contributed by atoms with Crippen LogP contribution in [0.4, 0.5) is 0 Å². The first-order valence-electron chi connectivity index (χ1n) is 0.655. The van der Waals surface area contributed by atoms with Crippen LogP contribution in [-0.2, 0) is 19.4 Å². The van der Waals surface area contributed by atoms with Crippen LogP contribution in [0, 0.1) is 0 Å². The molecule has 0 aliphatic heterocycles. The summed E-state index contributed by atoms with van der Waals surface area (Å²) in [7, 11) is 9.94. The molecule has 0 aromatic rings. The maximum absolute atomic E-state index is 3.31. The first kappa shape index (κ1) is 22.7. The zero-order valence-electron chi connectivity index (χ0n) is 3.21. The average Bonchev–Trinajstić information content (AvgIpc) is 0.811. The van der Waals surface area contributed by atoms with Gasteiger partial charge in [-0.3, -0.25) is 0 Å². The molecule has 0 aliphatic rings. The van der Waals surface area contributed by atoms with Gasteiger partial charge in [0.05, 0.1) is 0 Å². The Hall–Kier alpha value is 2.42. The fourth-order valence-corrected chi connectivity index (χ4v) is 0. The van der Waals surface area contributed by atoms with Crippen molar-refractivity contribution in [2.24, 2.45) is 0 Å². The standard InChI is InChI=1S/3BrH.3H2O.Y/h3*1H;3*1H2;/q;;;;;;+3/p-3. The van der Waals surface area contributed by atoms with Gasteiger partial charge in [-0.15, -0.1) is 0 Å². The van der Waals surface area contributed by atoms with Crippen molar-refractivity contribution in [3.63, 3.8) is 0 Å². The molecule has 7 heteroatoms. The van der Waals surface area contributed by atoms with Crippen LogP contribution in [-0.4, -0.2) is 16.4 Å². The second-order valence-electron chi connectivity index (χ2n) is 0.247. The van der Waals surface area contributed by atoms with Gasteiger partial charge in [0.2, 0.25) is 0 Å². The van der Waals surface area contributed by atoms with E-state index in [-0.39, 0.29) is 16.4 Å². The zero-order valence-corrected chi connectivity index (χ0v) is 10.8. The van der Waals surface area contributed by atoms with Gasteiger partial charge in [-0.25, -0.2) is 0 Å². The molecule has 0 atom stereocenters. The number of rotatable bonds is 0. The fourth-order valence-electron chi connectivity index (χ4n) is 0. The number of hydrogen-bond donors (Lipinski definition) is 0. The van der Waals surface area contributed by atoms with Gasteiger partial charge in [0, 0.05) is 0 Å². The molecule has 3 nitrogen and oxygen atoms in total. The molecule has 0 spiro atoms. The van der Waals surface area contributed by atoms with E-state index < -0.39 is 19.4 Å². The van der Waals surface area contributed by atoms with Gasteiger partial charge in [-0.1, -0.05) is 0 Å². The summed E-state index contributed by atoms with van der Waals surface area (Å²) in [5, 5.41) is 0. The van der Waals surface area contributed by atoms with Crippen LogP contribution in [0.3, 0.4) is 0 Å². The van der Waals surface area contributed by atoms with Gasteiger partial charge in [-0.05, 0) is 0 Å². The van der Waals surface area contributed by atoms with Crippen molar-refractivity contribution >= 4 is 32.4 Å². The molecule has 0 aromatic carbocycles. The Morgan fingerprint density at radius 3 is 0.714 bits per heavy atom. The summed E-state index contributed by atoms with van der Waals surface area (Å²) in [4.78, 5) is 0. The monoisotopic (exact) mass is 380 g/mol. The summed E-state index contributed by atoms with van der Waals surface area (Å²) < 4.78 is 0. The summed E-state index contributed by atoms with van der Waals surface area (Å²) >= 11 is -1.20. The van der Waals surface area contributed by atoms with Crippen molar-refractivity contribution in [3.8, 4) is 0 Å². The molecule has 0 saturated carbocycles. The molecule has 0 aromatic heterocycles. The first-order valence-corrected chi connectivity index (χ1v) is 20.1. The Balaban J connectivity index is -0.0000000150. The quantitative estimate of drug-likeness (QED) is 0.566. The number of halogens is 3. The second kappa shape index (κ2) is 15.8. The van der Waals surface area contributed by atoms with Crippen LogP contribution in [0.1, 0.15) is 0 Å². The van der Waals surface area contributed by atoms with Crippen LogP contribution in [0.25, 0.3) is 0 Å². The van der Waals surface area contributed by atoms with Crippen molar-refractivity contribution < 1.29 is 35.8 Å². The van der Waals surface area contributed by atoms with Gasteiger partial charge in [-0.2, -0.15) is 0 Å². The Bertz CT molecular complexity index is 14.9. The first-order chi connectivity index (χ1) is 1.73. The normalized spacial score (nSPS) is 3.86. The molecule has 0 saturated heterocycles. The van der Waals surface area contributed by atoms with Crippen molar-refractivity contribution in [3.05, 3.63) is 0 Å². The Kier molecular flexibility index (Phi) is 51.2. The van der Waals surface area contributed by atoms with Crippen LogP contribution in [0.15, 0.2) is 0 Å². The van der Waals surface area contributed by atoms with Gasteiger partial charge >= 0.3 is 51.8 Å². The molecule has 0 amide bonds. The fraction of sp³-hybridized carbons (Fsp3) is 0. The van der Waals surface area contributed by atoms with Gasteiger partial charge in [0.15, 0.2) is 0 Å². The molecule has 0 aliphatic carbocycles. The molecule has 0 fully saturated rings. The molecular formula is H6Br3O3Y. The van der Waals surface area contributed by atoms with Crippen molar-refractivity contribution in [1.82, 2.24) is 0 Å². The summed E-state index contributed by atoms with van der Waals surface area (Å²) in [5.41, 5.74) is 0. The minimum absolute atomic E-state index is 0. The predicted molar refractivity (Wildman–Crippen MR) is 37.6 cm³/mol. The molecule has 7 heavy (non-hydrogen) atoms. The van der Waals surface area contributed by atoms with Crippen molar-refractivity contribution in [2.75, 3.05) is 0 Å². The van der Waals surface area contributed by atoms with Crippen LogP contribution >= 0.6 is 32.4 Å². The van der Waals surface area contributed by atoms with Crippen LogP contribution in [0.2, 0.25) is 0 Å². The van der Waals surface area contributed by atoms with E-state index in [9.17, 15) is 0 Å². The molecule has 0 radical (unpaired) electrons. The van der Waals surface area contributed by atoms with Gasteiger partial charge < -0.3 is 16.4 Å². The Morgan fingerprint density at radius 1 is 0.714 bits per heavy atom. The van der Waals surface area contributed by atoms with E-state index in [1.54, 1.807) is 0 Å². The van der Waals surface area contributed by atoms with Gasteiger partial charge in [0.1, 0.15) is 0 Å². The van der Waals surface area contributed by atoms with E-state index in [1.807, 2.05) is 0 Å². The average molecular weight is 383 g/mol. The van der Waals surface area contributed by atoms with E-state index in [0.717, 1.165) is 0 Å². The third kappa shape index (κ3) is 59.2. The van der Waals surface area contributed by atoms with E-state index in [4.69, 9.17) is 0 Å². The topological polar surface area (TPSA) is 94.5 Å². The van der Waals surface area contributed by atoms with Crippen LogP contribution < -0.4 is 0 Å². The second-order valence-corrected chi connectivity index (χ2v) is 39.5. The van der Waals surface area contributed by atoms with Gasteiger partial charge in [0.25, 0.3) is 0 Å². The van der Waals surface area contributed by atoms with Crippen LogP contribution in [0.5, 0.6) is 0 Å². The zero-order chi connectivity index (χ0) is 3.58.